The highest BCUT2D eigenvalue weighted by Gasteiger charge is 2.14. The molecule has 0 saturated carbocycles. The van der Waals surface area contributed by atoms with E-state index in [0.717, 1.165) is 6.07 Å². The largest absolute Gasteiger partial charge is 0.396 e. The Kier molecular flexibility index (Phi) is 5.47. The highest BCUT2D eigenvalue weighted by Crippen LogP contribution is 2.16. The Bertz CT molecular complexity index is 427. The molecule has 1 rings (SSSR count). The lowest BCUT2D eigenvalue weighted by molar-refractivity contribution is 0.0835. The Morgan fingerprint density at radius 1 is 1.33 bits per heavy atom. The van der Waals surface area contributed by atoms with Crippen molar-refractivity contribution in [2.24, 2.45) is 0 Å². The molecule has 0 aliphatic carbocycles. The maximum Gasteiger partial charge on any atom is 0.254 e. The molecule has 0 heterocycles. The molecule has 1 amide bonds. The molecule has 4 N–H and O–H groups in total. The number of nitrogen functional groups attached to an aromatic ring is 1. The number of hydrogen-bond acceptors (Lipinski definition) is 4. The van der Waals surface area contributed by atoms with Crippen LogP contribution in [0.5, 0.6) is 0 Å². The number of halogens is 2. The van der Waals surface area contributed by atoms with Crippen molar-refractivity contribution in [1.82, 2.24) is 5.32 Å². The lowest BCUT2D eigenvalue weighted by Gasteiger charge is -2.07. The van der Waals surface area contributed by atoms with Gasteiger partial charge in [-0.3, -0.25) is 4.79 Å². The highest BCUT2D eigenvalue weighted by molar-refractivity contribution is 5.95. The van der Waals surface area contributed by atoms with Crippen LogP contribution in [-0.2, 0) is 4.74 Å². The summed E-state index contributed by atoms with van der Waals surface area (Å²) in [5.74, 6) is -2.59. The number of aliphatic hydroxyl groups excluding tert-OH is 1. The van der Waals surface area contributed by atoms with Crippen molar-refractivity contribution in [3.05, 3.63) is 29.3 Å². The fourth-order valence-corrected chi connectivity index (χ4v) is 1.24. The van der Waals surface area contributed by atoms with E-state index >= 15 is 0 Å². The number of aliphatic hydroxyl groups is 1. The van der Waals surface area contributed by atoms with Crippen molar-refractivity contribution >= 4 is 11.6 Å². The summed E-state index contributed by atoms with van der Waals surface area (Å²) in [6.45, 7) is 0.380. The molecule has 0 aliphatic heterocycles. The summed E-state index contributed by atoms with van der Waals surface area (Å²) in [4.78, 5) is 11.5. The number of hydrogen-bond donors (Lipinski definition) is 3. The van der Waals surface area contributed by atoms with Crippen LogP contribution in [0.4, 0.5) is 14.5 Å². The Balaban J connectivity index is 2.54. The molecule has 0 saturated heterocycles. The van der Waals surface area contributed by atoms with Gasteiger partial charge >= 0.3 is 0 Å². The minimum atomic E-state index is -0.976. The van der Waals surface area contributed by atoms with Crippen molar-refractivity contribution in [2.75, 3.05) is 32.1 Å². The van der Waals surface area contributed by atoms with Gasteiger partial charge in [0, 0.05) is 12.6 Å². The number of ether oxygens (including phenoxy) is 1. The molecule has 7 heteroatoms. The minimum absolute atomic E-state index is 0.114. The zero-order chi connectivity index (χ0) is 13.5. The van der Waals surface area contributed by atoms with Crippen molar-refractivity contribution in [3.63, 3.8) is 0 Å². The molecule has 18 heavy (non-hydrogen) atoms. The average Bonchev–Trinajstić information content (AvgIpc) is 2.33. The predicted molar refractivity (Wildman–Crippen MR) is 61.0 cm³/mol. The van der Waals surface area contributed by atoms with E-state index in [1.165, 1.54) is 0 Å². The van der Waals surface area contributed by atoms with E-state index in [0.29, 0.717) is 6.07 Å². The zero-order valence-corrected chi connectivity index (χ0v) is 9.58. The van der Waals surface area contributed by atoms with Gasteiger partial charge in [0.25, 0.3) is 5.91 Å². The minimum Gasteiger partial charge on any atom is -0.396 e. The van der Waals surface area contributed by atoms with Gasteiger partial charge in [0.1, 0.15) is 11.6 Å². The van der Waals surface area contributed by atoms with Crippen LogP contribution in [0.1, 0.15) is 10.4 Å². The lowest BCUT2D eigenvalue weighted by atomic mass is 10.1. The monoisotopic (exact) mass is 260 g/mol. The molecule has 1 aromatic carbocycles. The Labute approximate surface area is 103 Å². The summed E-state index contributed by atoms with van der Waals surface area (Å²) in [6, 6.07) is 1.50. The van der Waals surface area contributed by atoms with Crippen molar-refractivity contribution in [2.45, 2.75) is 0 Å². The van der Waals surface area contributed by atoms with Gasteiger partial charge in [-0.15, -0.1) is 0 Å². The molecule has 100 valence electrons. The van der Waals surface area contributed by atoms with E-state index in [1.54, 1.807) is 0 Å². The van der Waals surface area contributed by atoms with Crippen LogP contribution in [0, 0.1) is 11.6 Å². The number of carbonyl (C=O) groups is 1. The van der Waals surface area contributed by atoms with Crippen LogP contribution in [0.2, 0.25) is 0 Å². The molecule has 1 aromatic rings. The van der Waals surface area contributed by atoms with Gasteiger partial charge in [-0.2, -0.15) is 0 Å². The number of amides is 1. The number of carbonyl (C=O) groups excluding carboxylic acids is 1. The average molecular weight is 260 g/mol. The molecule has 0 bridgehead atoms. The summed E-state index contributed by atoms with van der Waals surface area (Å²) < 4.78 is 31.1. The Hall–Kier alpha value is -1.73. The van der Waals surface area contributed by atoms with Crippen LogP contribution in [0.25, 0.3) is 0 Å². The Morgan fingerprint density at radius 2 is 2.06 bits per heavy atom. The summed E-state index contributed by atoms with van der Waals surface area (Å²) >= 11 is 0. The summed E-state index contributed by atoms with van der Waals surface area (Å²) in [5.41, 5.74) is 4.63. The number of nitrogens with one attached hydrogen (secondary N) is 1. The fourth-order valence-electron chi connectivity index (χ4n) is 1.24. The topological polar surface area (TPSA) is 84.6 Å². The molecular weight excluding hydrogens is 246 g/mol. The maximum atomic E-state index is 13.3. The molecule has 0 fully saturated rings. The predicted octanol–water partition coefficient (Wildman–Crippen LogP) is 0.286. The molecule has 0 aliphatic rings. The lowest BCUT2D eigenvalue weighted by Crippen LogP contribution is -2.28. The van der Waals surface area contributed by atoms with Gasteiger partial charge < -0.3 is 20.9 Å². The van der Waals surface area contributed by atoms with Crippen LogP contribution >= 0.6 is 0 Å². The van der Waals surface area contributed by atoms with Crippen LogP contribution < -0.4 is 11.1 Å². The van der Waals surface area contributed by atoms with Crippen LogP contribution in [0.3, 0.4) is 0 Å². The Morgan fingerprint density at radius 3 is 2.72 bits per heavy atom. The molecular formula is C11H14F2N2O3. The van der Waals surface area contributed by atoms with E-state index in [-0.39, 0.29) is 37.6 Å². The highest BCUT2D eigenvalue weighted by atomic mass is 19.1. The van der Waals surface area contributed by atoms with Gasteiger partial charge in [-0.25, -0.2) is 8.78 Å². The van der Waals surface area contributed by atoms with E-state index in [9.17, 15) is 13.6 Å². The van der Waals surface area contributed by atoms with Gasteiger partial charge in [0.05, 0.1) is 31.1 Å². The van der Waals surface area contributed by atoms with Crippen molar-refractivity contribution in [1.29, 1.82) is 0 Å². The summed E-state index contributed by atoms with van der Waals surface area (Å²) in [5, 5.41) is 10.8. The standard InChI is InChI=1S/C11H14F2N2O3/c12-8-6-9(13)10(14)5-7(8)11(17)15-1-3-18-4-2-16/h5-6,16H,1-4,14H2,(H,15,17). The van der Waals surface area contributed by atoms with E-state index in [1.807, 2.05) is 0 Å². The van der Waals surface area contributed by atoms with E-state index < -0.39 is 17.5 Å². The van der Waals surface area contributed by atoms with E-state index in [2.05, 4.69) is 5.32 Å². The fraction of sp³-hybridized carbons (Fsp3) is 0.364. The van der Waals surface area contributed by atoms with Crippen molar-refractivity contribution < 1.29 is 23.4 Å². The third-order valence-corrected chi connectivity index (χ3v) is 2.10. The molecule has 0 atom stereocenters. The van der Waals surface area contributed by atoms with Crippen LogP contribution in [0.15, 0.2) is 12.1 Å². The quantitative estimate of drug-likeness (QED) is 0.507. The third kappa shape index (κ3) is 3.94. The summed E-state index contributed by atoms with van der Waals surface area (Å²) in [7, 11) is 0. The molecule has 0 radical (unpaired) electrons. The van der Waals surface area contributed by atoms with Gasteiger partial charge in [-0.05, 0) is 6.07 Å². The van der Waals surface area contributed by atoms with Gasteiger partial charge in [-0.1, -0.05) is 0 Å². The molecule has 0 spiro atoms. The first-order chi connectivity index (χ1) is 8.56. The second kappa shape index (κ2) is 6.87. The SMILES string of the molecule is Nc1cc(C(=O)NCCOCCO)c(F)cc1F. The number of nitrogens with two attached hydrogens (primary N) is 1. The third-order valence-electron chi connectivity index (χ3n) is 2.10. The van der Waals surface area contributed by atoms with E-state index in [4.69, 9.17) is 15.6 Å². The first-order valence-electron chi connectivity index (χ1n) is 5.27. The van der Waals surface area contributed by atoms with Gasteiger partial charge in [0.15, 0.2) is 0 Å². The first-order valence-corrected chi connectivity index (χ1v) is 5.27. The molecule has 0 unspecified atom stereocenters. The van der Waals surface area contributed by atoms with Gasteiger partial charge in [0.2, 0.25) is 0 Å². The zero-order valence-electron chi connectivity index (χ0n) is 9.58. The van der Waals surface area contributed by atoms with Crippen LogP contribution in [-0.4, -0.2) is 37.4 Å². The first kappa shape index (κ1) is 14.3. The second-order valence-electron chi connectivity index (χ2n) is 3.45. The summed E-state index contributed by atoms with van der Waals surface area (Å²) in [6.07, 6.45) is 0. The smallest absolute Gasteiger partial charge is 0.254 e. The molecule has 0 aromatic heterocycles. The number of anilines is 1. The van der Waals surface area contributed by atoms with Crippen molar-refractivity contribution in [3.8, 4) is 0 Å². The maximum absolute atomic E-state index is 13.3. The number of benzene rings is 1. The number of rotatable bonds is 6. The second-order valence-corrected chi connectivity index (χ2v) is 3.45. The normalized spacial score (nSPS) is 10.4. The molecule has 5 nitrogen and oxygen atoms in total.